The molecule has 0 bridgehead atoms. The summed E-state index contributed by atoms with van der Waals surface area (Å²) in [4.78, 5) is -0.445. The van der Waals surface area contributed by atoms with Gasteiger partial charge in [-0.1, -0.05) is 6.92 Å². The SMILES string of the molecule is CC1CS(=O)(=O)c2c(F)cc(F)cc2C1N. The Hall–Kier alpha value is -1.01. The van der Waals surface area contributed by atoms with Crippen LogP contribution in [0.2, 0.25) is 0 Å². The molecule has 1 aliphatic heterocycles. The lowest BCUT2D eigenvalue weighted by Crippen LogP contribution is -2.33. The van der Waals surface area contributed by atoms with Crippen molar-refractivity contribution >= 4 is 9.84 Å². The summed E-state index contributed by atoms with van der Waals surface area (Å²) in [7, 11) is -3.69. The summed E-state index contributed by atoms with van der Waals surface area (Å²) in [5, 5.41) is 0. The van der Waals surface area contributed by atoms with Gasteiger partial charge in [-0.25, -0.2) is 17.2 Å². The van der Waals surface area contributed by atoms with E-state index in [1.54, 1.807) is 6.92 Å². The van der Waals surface area contributed by atoms with Gasteiger partial charge in [0.05, 0.1) is 5.75 Å². The topological polar surface area (TPSA) is 60.2 Å². The molecule has 0 aromatic heterocycles. The van der Waals surface area contributed by atoms with Crippen LogP contribution in [-0.4, -0.2) is 14.2 Å². The second kappa shape index (κ2) is 3.49. The third-order valence-corrected chi connectivity index (χ3v) is 4.82. The third kappa shape index (κ3) is 1.62. The van der Waals surface area contributed by atoms with E-state index >= 15 is 0 Å². The number of halogens is 2. The highest BCUT2D eigenvalue weighted by Crippen LogP contribution is 2.36. The maximum absolute atomic E-state index is 13.5. The fourth-order valence-corrected chi connectivity index (χ4v) is 3.97. The first kappa shape index (κ1) is 11.5. The van der Waals surface area contributed by atoms with Gasteiger partial charge < -0.3 is 5.73 Å². The second-order valence-corrected chi connectivity index (χ2v) is 6.06. The van der Waals surface area contributed by atoms with Gasteiger partial charge in [0.2, 0.25) is 0 Å². The zero-order valence-corrected chi connectivity index (χ0v) is 9.39. The zero-order valence-electron chi connectivity index (χ0n) is 8.57. The van der Waals surface area contributed by atoms with Crippen molar-refractivity contribution in [3.05, 3.63) is 29.3 Å². The Balaban J connectivity index is 2.79. The summed E-state index contributed by atoms with van der Waals surface area (Å²) in [6, 6.07) is 0.916. The van der Waals surface area contributed by atoms with Crippen LogP contribution < -0.4 is 5.73 Å². The highest BCUT2D eigenvalue weighted by atomic mass is 32.2. The lowest BCUT2D eigenvalue weighted by Gasteiger charge is -2.28. The van der Waals surface area contributed by atoms with Gasteiger partial charge in [0.15, 0.2) is 9.84 Å². The van der Waals surface area contributed by atoms with Gasteiger partial charge in [-0.3, -0.25) is 0 Å². The van der Waals surface area contributed by atoms with Gasteiger partial charge in [-0.2, -0.15) is 0 Å². The van der Waals surface area contributed by atoms with Crippen molar-refractivity contribution in [2.45, 2.75) is 17.9 Å². The van der Waals surface area contributed by atoms with Gasteiger partial charge in [0, 0.05) is 12.1 Å². The maximum atomic E-state index is 13.5. The fraction of sp³-hybridized carbons (Fsp3) is 0.400. The number of sulfone groups is 1. The highest BCUT2D eigenvalue weighted by Gasteiger charge is 2.36. The van der Waals surface area contributed by atoms with Crippen LogP contribution in [0.5, 0.6) is 0 Å². The highest BCUT2D eigenvalue weighted by molar-refractivity contribution is 7.91. The van der Waals surface area contributed by atoms with Crippen LogP contribution in [0.3, 0.4) is 0 Å². The fourth-order valence-electron chi connectivity index (χ4n) is 2.00. The van der Waals surface area contributed by atoms with Crippen molar-refractivity contribution in [2.24, 2.45) is 11.7 Å². The Morgan fingerprint density at radius 2 is 2.00 bits per heavy atom. The molecular weight excluding hydrogens is 236 g/mol. The van der Waals surface area contributed by atoms with Crippen LogP contribution in [0.1, 0.15) is 18.5 Å². The van der Waals surface area contributed by atoms with Crippen LogP contribution in [0.15, 0.2) is 17.0 Å². The summed E-state index contributed by atoms with van der Waals surface area (Å²) >= 11 is 0. The number of rotatable bonds is 0. The van der Waals surface area contributed by atoms with E-state index in [9.17, 15) is 17.2 Å². The van der Waals surface area contributed by atoms with Crippen molar-refractivity contribution in [3.8, 4) is 0 Å². The quantitative estimate of drug-likeness (QED) is 0.705. The van der Waals surface area contributed by atoms with E-state index in [0.29, 0.717) is 6.07 Å². The molecule has 0 saturated carbocycles. The summed E-state index contributed by atoms with van der Waals surface area (Å²) in [6.45, 7) is 1.65. The van der Waals surface area contributed by atoms with Gasteiger partial charge >= 0.3 is 0 Å². The van der Waals surface area contributed by atoms with Crippen molar-refractivity contribution in [1.82, 2.24) is 0 Å². The lowest BCUT2D eigenvalue weighted by molar-refractivity contribution is 0.457. The Morgan fingerprint density at radius 3 is 2.62 bits per heavy atom. The largest absolute Gasteiger partial charge is 0.324 e. The van der Waals surface area contributed by atoms with Crippen LogP contribution >= 0.6 is 0 Å². The standard InChI is InChI=1S/C10H11F2NO2S/c1-5-4-16(14,15)10-7(9(5)13)2-6(11)3-8(10)12/h2-3,5,9H,4,13H2,1H3. The molecular formula is C10H11F2NO2S. The van der Waals surface area contributed by atoms with Crippen LogP contribution in [0, 0.1) is 17.6 Å². The Bertz CT molecular complexity index is 542. The molecule has 88 valence electrons. The predicted octanol–water partition coefficient (Wildman–Crippen LogP) is 1.39. The van der Waals surface area contributed by atoms with Crippen LogP contribution in [0.4, 0.5) is 8.78 Å². The van der Waals surface area contributed by atoms with Crippen molar-refractivity contribution in [1.29, 1.82) is 0 Å². The number of hydrogen-bond donors (Lipinski definition) is 1. The Labute approximate surface area is 92.2 Å². The van der Waals surface area contributed by atoms with E-state index in [0.717, 1.165) is 6.07 Å². The van der Waals surface area contributed by atoms with Crippen molar-refractivity contribution in [3.63, 3.8) is 0 Å². The van der Waals surface area contributed by atoms with Crippen molar-refractivity contribution in [2.75, 3.05) is 5.75 Å². The van der Waals surface area contributed by atoms with Crippen molar-refractivity contribution < 1.29 is 17.2 Å². The zero-order chi connectivity index (χ0) is 12.1. The third-order valence-electron chi connectivity index (χ3n) is 2.80. The molecule has 0 aliphatic carbocycles. The molecule has 1 heterocycles. The molecule has 0 fully saturated rings. The molecule has 2 rings (SSSR count). The average molecular weight is 247 g/mol. The smallest absolute Gasteiger partial charge is 0.181 e. The lowest BCUT2D eigenvalue weighted by atomic mass is 9.96. The normalized spacial score (nSPS) is 27.5. The van der Waals surface area contributed by atoms with E-state index in [2.05, 4.69) is 0 Å². The second-order valence-electron chi connectivity index (χ2n) is 4.09. The first-order valence-electron chi connectivity index (χ1n) is 4.80. The van der Waals surface area contributed by atoms with E-state index in [4.69, 9.17) is 5.73 Å². The van der Waals surface area contributed by atoms with E-state index in [1.165, 1.54) is 0 Å². The molecule has 2 N–H and O–H groups in total. The van der Waals surface area contributed by atoms with Crippen LogP contribution in [-0.2, 0) is 9.84 Å². The van der Waals surface area contributed by atoms with Crippen LogP contribution in [0.25, 0.3) is 0 Å². The molecule has 0 saturated heterocycles. The summed E-state index contributed by atoms with van der Waals surface area (Å²) in [5.74, 6) is -2.42. The molecule has 2 atom stereocenters. The number of nitrogens with two attached hydrogens (primary N) is 1. The average Bonchev–Trinajstić information content (AvgIpc) is 2.11. The minimum absolute atomic E-state index is 0.0382. The molecule has 3 nitrogen and oxygen atoms in total. The molecule has 0 amide bonds. The molecule has 1 aromatic carbocycles. The first-order chi connectivity index (χ1) is 7.33. The van der Waals surface area contributed by atoms with E-state index < -0.39 is 32.4 Å². The van der Waals surface area contributed by atoms with E-state index in [1.807, 2.05) is 0 Å². The summed E-state index contributed by atoms with van der Waals surface area (Å²) < 4.78 is 50.0. The molecule has 0 radical (unpaired) electrons. The minimum atomic E-state index is -3.69. The maximum Gasteiger partial charge on any atom is 0.181 e. The number of benzene rings is 1. The summed E-state index contributed by atoms with van der Waals surface area (Å²) in [5.41, 5.74) is 5.79. The molecule has 1 aliphatic rings. The van der Waals surface area contributed by atoms with Gasteiger partial charge in [-0.05, 0) is 17.5 Å². The van der Waals surface area contributed by atoms with E-state index in [-0.39, 0.29) is 17.2 Å². The molecule has 6 heteroatoms. The first-order valence-corrected chi connectivity index (χ1v) is 6.45. The summed E-state index contributed by atoms with van der Waals surface area (Å²) in [6.07, 6.45) is 0. The van der Waals surface area contributed by atoms with Gasteiger partial charge in [0.25, 0.3) is 0 Å². The number of fused-ring (bicyclic) bond motifs is 1. The molecule has 2 unspecified atom stereocenters. The number of hydrogen-bond acceptors (Lipinski definition) is 3. The predicted molar refractivity (Wildman–Crippen MR) is 54.5 cm³/mol. The Kier molecular flexibility index (Phi) is 2.51. The Morgan fingerprint density at radius 1 is 1.38 bits per heavy atom. The molecule has 0 spiro atoms. The molecule has 1 aromatic rings. The molecule has 16 heavy (non-hydrogen) atoms. The van der Waals surface area contributed by atoms with Gasteiger partial charge in [0.1, 0.15) is 16.5 Å². The van der Waals surface area contributed by atoms with Gasteiger partial charge in [-0.15, -0.1) is 0 Å². The monoisotopic (exact) mass is 247 g/mol. The minimum Gasteiger partial charge on any atom is -0.324 e.